The molecule has 0 atom stereocenters. The van der Waals surface area contributed by atoms with Crippen LogP contribution in [0.4, 0.5) is 5.69 Å². The van der Waals surface area contributed by atoms with Gasteiger partial charge in [-0.1, -0.05) is 12.1 Å². The molecule has 6 nitrogen and oxygen atoms in total. The summed E-state index contributed by atoms with van der Waals surface area (Å²) in [6.07, 6.45) is 0. The number of aromatic hydroxyl groups is 2. The number of hydrogen-bond donors (Lipinski definition) is 3. The summed E-state index contributed by atoms with van der Waals surface area (Å²) in [5, 5.41) is 29.8. The first-order chi connectivity index (χ1) is 11.4. The van der Waals surface area contributed by atoms with Crippen molar-refractivity contribution in [2.45, 2.75) is 13.8 Å². The van der Waals surface area contributed by atoms with Crippen molar-refractivity contribution in [2.75, 3.05) is 18.0 Å². The second-order valence-electron chi connectivity index (χ2n) is 5.18. The maximum atomic E-state index is 12.6. The van der Waals surface area contributed by atoms with E-state index < -0.39 is 17.5 Å². The Labute approximate surface area is 139 Å². The molecule has 0 bridgehead atoms. The number of carbonyl (C=O) groups excluding carboxylic acids is 1. The van der Waals surface area contributed by atoms with Crippen LogP contribution in [0.2, 0.25) is 0 Å². The second-order valence-corrected chi connectivity index (χ2v) is 5.18. The van der Waals surface area contributed by atoms with Gasteiger partial charge in [0.2, 0.25) is 5.78 Å². The van der Waals surface area contributed by atoms with Crippen molar-refractivity contribution in [3.8, 4) is 11.5 Å². The predicted molar refractivity (Wildman–Crippen MR) is 90.2 cm³/mol. The summed E-state index contributed by atoms with van der Waals surface area (Å²) in [6, 6.07) is 8.56. The molecule has 0 saturated heterocycles. The van der Waals surface area contributed by atoms with Crippen LogP contribution in [0.1, 0.15) is 40.1 Å². The van der Waals surface area contributed by atoms with E-state index in [1.165, 1.54) is 24.3 Å². The molecular formula is C18H19NO5. The van der Waals surface area contributed by atoms with Crippen LogP contribution in [-0.4, -0.2) is 40.2 Å². The van der Waals surface area contributed by atoms with Gasteiger partial charge in [-0.2, -0.15) is 0 Å². The third-order valence-corrected chi connectivity index (χ3v) is 3.85. The van der Waals surface area contributed by atoms with Crippen molar-refractivity contribution in [1.29, 1.82) is 0 Å². The summed E-state index contributed by atoms with van der Waals surface area (Å²) in [5.74, 6) is -2.36. The van der Waals surface area contributed by atoms with E-state index in [2.05, 4.69) is 0 Å². The van der Waals surface area contributed by atoms with Crippen LogP contribution in [0.5, 0.6) is 11.5 Å². The largest absolute Gasteiger partial charge is 0.507 e. The van der Waals surface area contributed by atoms with E-state index in [1.807, 2.05) is 13.8 Å². The number of carboxylic acid groups (broad SMARTS) is 1. The average Bonchev–Trinajstić information content (AvgIpc) is 2.56. The van der Waals surface area contributed by atoms with E-state index in [4.69, 9.17) is 0 Å². The minimum absolute atomic E-state index is 0.0429. The van der Waals surface area contributed by atoms with E-state index in [9.17, 15) is 24.9 Å². The van der Waals surface area contributed by atoms with Crippen molar-refractivity contribution in [1.82, 2.24) is 0 Å². The number of benzene rings is 2. The van der Waals surface area contributed by atoms with Crippen LogP contribution in [0.25, 0.3) is 0 Å². The van der Waals surface area contributed by atoms with E-state index >= 15 is 0 Å². The maximum Gasteiger partial charge on any atom is 0.337 e. The molecule has 0 aliphatic heterocycles. The third-order valence-electron chi connectivity index (χ3n) is 3.85. The summed E-state index contributed by atoms with van der Waals surface area (Å²) in [6.45, 7) is 4.59. The summed E-state index contributed by atoms with van der Waals surface area (Å²) in [7, 11) is 0. The van der Waals surface area contributed by atoms with Crippen molar-refractivity contribution in [2.24, 2.45) is 0 Å². The van der Waals surface area contributed by atoms with Gasteiger partial charge in [0.25, 0.3) is 0 Å². The number of aromatic carboxylic acids is 1. The van der Waals surface area contributed by atoms with Gasteiger partial charge in [-0.25, -0.2) is 4.79 Å². The molecule has 6 heteroatoms. The monoisotopic (exact) mass is 329 g/mol. The van der Waals surface area contributed by atoms with Gasteiger partial charge >= 0.3 is 5.97 Å². The van der Waals surface area contributed by atoms with Gasteiger partial charge in [0.1, 0.15) is 5.75 Å². The molecule has 126 valence electrons. The van der Waals surface area contributed by atoms with Crippen molar-refractivity contribution < 1.29 is 24.9 Å². The zero-order chi connectivity index (χ0) is 17.9. The molecule has 2 aromatic rings. The Bertz CT molecular complexity index is 781. The molecule has 2 rings (SSSR count). The number of rotatable bonds is 6. The smallest absolute Gasteiger partial charge is 0.337 e. The Balaban J connectivity index is 2.65. The number of phenolic OH excluding ortho intramolecular Hbond substituents is 2. The zero-order valence-corrected chi connectivity index (χ0v) is 13.5. The highest BCUT2D eigenvalue weighted by Gasteiger charge is 2.25. The molecule has 0 aromatic heterocycles. The van der Waals surface area contributed by atoms with Gasteiger partial charge < -0.3 is 20.2 Å². The summed E-state index contributed by atoms with van der Waals surface area (Å²) < 4.78 is 0. The Morgan fingerprint density at radius 1 is 0.917 bits per heavy atom. The number of para-hydroxylation sites is 1. The van der Waals surface area contributed by atoms with E-state index in [1.54, 1.807) is 17.0 Å². The first kappa shape index (κ1) is 17.3. The summed E-state index contributed by atoms with van der Waals surface area (Å²) >= 11 is 0. The highest BCUT2D eigenvalue weighted by Crippen LogP contribution is 2.36. The molecule has 0 radical (unpaired) electrons. The molecule has 0 amide bonds. The van der Waals surface area contributed by atoms with Gasteiger partial charge in [0.05, 0.1) is 22.4 Å². The molecule has 0 saturated carbocycles. The highest BCUT2D eigenvalue weighted by atomic mass is 16.4. The summed E-state index contributed by atoms with van der Waals surface area (Å²) in [4.78, 5) is 25.8. The lowest BCUT2D eigenvalue weighted by Gasteiger charge is -2.25. The number of ketones is 1. The fourth-order valence-electron chi connectivity index (χ4n) is 2.61. The Kier molecular flexibility index (Phi) is 5.08. The van der Waals surface area contributed by atoms with Crippen LogP contribution < -0.4 is 4.90 Å². The number of carbonyl (C=O) groups is 2. The number of anilines is 1. The molecular weight excluding hydrogens is 310 g/mol. The fraction of sp³-hybridized carbons (Fsp3) is 0.222. The standard InChI is InChI=1S/C18H19NO5/c1-3-19(4-2)15-12(18(23)24)9-10-13(17(15)22)16(21)11-7-5-6-8-14(11)20/h5-10,20,22H,3-4H2,1-2H3,(H,23,24). The Morgan fingerprint density at radius 2 is 1.50 bits per heavy atom. The first-order valence-corrected chi connectivity index (χ1v) is 7.59. The average molecular weight is 329 g/mol. The molecule has 0 spiro atoms. The molecule has 0 unspecified atom stereocenters. The Morgan fingerprint density at radius 3 is 2.04 bits per heavy atom. The van der Waals surface area contributed by atoms with Gasteiger partial charge in [-0.05, 0) is 38.1 Å². The van der Waals surface area contributed by atoms with Crippen LogP contribution in [-0.2, 0) is 0 Å². The Hall–Kier alpha value is -3.02. The molecule has 0 fully saturated rings. The number of nitrogens with zero attached hydrogens (tertiary/aromatic N) is 1. The van der Waals surface area contributed by atoms with Gasteiger partial charge in [-0.15, -0.1) is 0 Å². The fourth-order valence-corrected chi connectivity index (χ4v) is 2.61. The first-order valence-electron chi connectivity index (χ1n) is 7.59. The molecule has 24 heavy (non-hydrogen) atoms. The number of carboxylic acids is 1. The van der Waals surface area contributed by atoms with Crippen LogP contribution >= 0.6 is 0 Å². The molecule has 2 aromatic carbocycles. The SMILES string of the molecule is CCN(CC)c1c(C(=O)O)ccc(C(=O)c2ccccc2O)c1O. The van der Waals surface area contributed by atoms with Crippen LogP contribution in [0.15, 0.2) is 36.4 Å². The number of hydrogen-bond acceptors (Lipinski definition) is 5. The van der Waals surface area contributed by atoms with E-state index in [0.29, 0.717) is 13.1 Å². The highest BCUT2D eigenvalue weighted by molar-refractivity contribution is 6.14. The number of phenols is 2. The quantitative estimate of drug-likeness (QED) is 0.705. The van der Waals surface area contributed by atoms with Crippen LogP contribution in [0, 0.1) is 0 Å². The van der Waals surface area contributed by atoms with Gasteiger partial charge in [0.15, 0.2) is 5.75 Å². The molecule has 0 heterocycles. The lowest BCUT2D eigenvalue weighted by molar-refractivity contribution is 0.0696. The van der Waals surface area contributed by atoms with Crippen LogP contribution in [0.3, 0.4) is 0 Å². The van der Waals surface area contributed by atoms with E-state index in [-0.39, 0.29) is 28.1 Å². The molecule has 0 aliphatic carbocycles. The summed E-state index contributed by atoms with van der Waals surface area (Å²) in [5.41, 5.74) is 0.0172. The van der Waals surface area contributed by atoms with Gasteiger partial charge in [0, 0.05) is 13.1 Å². The predicted octanol–water partition coefficient (Wildman–Crippen LogP) is 2.87. The minimum Gasteiger partial charge on any atom is -0.507 e. The topological polar surface area (TPSA) is 98.1 Å². The van der Waals surface area contributed by atoms with Crippen molar-refractivity contribution in [3.05, 3.63) is 53.1 Å². The van der Waals surface area contributed by atoms with Crippen molar-refractivity contribution >= 4 is 17.4 Å². The second kappa shape index (κ2) is 7.04. The zero-order valence-electron chi connectivity index (χ0n) is 13.5. The minimum atomic E-state index is -1.19. The molecule has 3 N–H and O–H groups in total. The van der Waals surface area contributed by atoms with Gasteiger partial charge in [-0.3, -0.25) is 4.79 Å². The maximum absolute atomic E-state index is 12.6. The molecule has 0 aliphatic rings. The third kappa shape index (κ3) is 3.03. The van der Waals surface area contributed by atoms with Crippen molar-refractivity contribution in [3.63, 3.8) is 0 Å². The van der Waals surface area contributed by atoms with E-state index in [0.717, 1.165) is 0 Å². The normalized spacial score (nSPS) is 10.4. The lowest BCUT2D eigenvalue weighted by atomic mass is 9.98. The lowest BCUT2D eigenvalue weighted by Crippen LogP contribution is -2.25.